The molecule has 0 spiro atoms. The lowest BCUT2D eigenvalue weighted by molar-refractivity contribution is 0.326. The molecule has 0 bridgehead atoms. The van der Waals surface area contributed by atoms with Gasteiger partial charge < -0.3 is 0 Å². The van der Waals surface area contributed by atoms with E-state index in [1.165, 1.54) is 6.92 Å². The lowest BCUT2D eigenvalue weighted by Crippen LogP contribution is -2.26. The first kappa shape index (κ1) is 12.0. The highest BCUT2D eigenvalue weighted by Gasteiger charge is 2.22. The van der Waals surface area contributed by atoms with E-state index in [1.54, 1.807) is 0 Å². The van der Waals surface area contributed by atoms with E-state index in [2.05, 4.69) is 20.1 Å². The molecule has 0 amide bonds. The summed E-state index contributed by atoms with van der Waals surface area (Å²) in [6, 6.07) is 0. The average Bonchev–Trinajstić information content (AvgIpc) is 2.21. The van der Waals surface area contributed by atoms with Gasteiger partial charge in [0.1, 0.15) is 5.82 Å². The molecular formula is C7H10FN3O3S. The third kappa shape index (κ3) is 3.18. The van der Waals surface area contributed by atoms with Crippen LogP contribution < -0.4 is 5.90 Å². The summed E-state index contributed by atoms with van der Waals surface area (Å²) >= 11 is 0. The molecule has 0 aliphatic carbocycles. The fourth-order valence-electron chi connectivity index (χ4n) is 0.898. The number of nitrogens with zero attached hydrogens (tertiary/aromatic N) is 2. The maximum absolute atomic E-state index is 12.4. The second kappa shape index (κ2) is 4.60. The molecule has 0 aliphatic heterocycles. The third-order valence-corrected chi connectivity index (χ3v) is 3.19. The summed E-state index contributed by atoms with van der Waals surface area (Å²) in [6.07, 6.45) is 1.94. The van der Waals surface area contributed by atoms with Crippen LogP contribution in [0.2, 0.25) is 0 Å². The van der Waals surface area contributed by atoms with E-state index < -0.39 is 21.2 Å². The Morgan fingerprint density at radius 1 is 1.53 bits per heavy atom. The van der Waals surface area contributed by atoms with Crippen LogP contribution in [0.4, 0.5) is 4.39 Å². The molecule has 0 radical (unpaired) electrons. The van der Waals surface area contributed by atoms with Gasteiger partial charge in [-0.2, -0.15) is 18.6 Å². The Labute approximate surface area is 86.4 Å². The van der Waals surface area contributed by atoms with Crippen molar-refractivity contribution in [3.63, 3.8) is 0 Å². The summed E-state index contributed by atoms with van der Waals surface area (Å²) in [5, 5.41) is -0.882. The van der Waals surface area contributed by atoms with Crippen molar-refractivity contribution in [3.05, 3.63) is 24.0 Å². The monoisotopic (exact) mass is 235 g/mol. The Morgan fingerprint density at radius 3 is 2.53 bits per heavy atom. The van der Waals surface area contributed by atoms with E-state index in [0.717, 1.165) is 12.4 Å². The van der Waals surface area contributed by atoms with Crippen molar-refractivity contribution in [1.82, 2.24) is 9.97 Å². The van der Waals surface area contributed by atoms with Gasteiger partial charge in [-0.1, -0.05) is 0 Å². The summed E-state index contributed by atoms with van der Waals surface area (Å²) in [4.78, 5) is 7.24. The number of aromatic nitrogens is 2. The minimum Gasteiger partial charge on any atom is -0.238 e. The number of nitrogens with two attached hydrogens (primary N) is 1. The van der Waals surface area contributed by atoms with E-state index in [-0.39, 0.29) is 12.2 Å². The largest absolute Gasteiger partial charge is 0.286 e. The molecule has 1 rings (SSSR count). The van der Waals surface area contributed by atoms with Crippen LogP contribution in [0.1, 0.15) is 12.7 Å². The molecule has 84 valence electrons. The van der Waals surface area contributed by atoms with Gasteiger partial charge in [-0.25, -0.2) is 14.4 Å². The minimum absolute atomic E-state index is 0.0137. The van der Waals surface area contributed by atoms with Crippen molar-refractivity contribution in [3.8, 4) is 0 Å². The van der Waals surface area contributed by atoms with Gasteiger partial charge in [0.05, 0.1) is 17.6 Å². The minimum atomic E-state index is -3.80. The third-order valence-electron chi connectivity index (χ3n) is 1.77. The normalized spacial score (nSPS) is 13.8. The fourth-order valence-corrected chi connectivity index (χ4v) is 1.44. The van der Waals surface area contributed by atoms with Gasteiger partial charge in [0.25, 0.3) is 10.1 Å². The quantitative estimate of drug-likeness (QED) is 0.724. The molecule has 2 N–H and O–H groups in total. The zero-order chi connectivity index (χ0) is 11.5. The smallest absolute Gasteiger partial charge is 0.238 e. The lowest BCUT2D eigenvalue weighted by atomic mass is 10.3. The van der Waals surface area contributed by atoms with E-state index in [0.29, 0.717) is 0 Å². The fraction of sp³-hybridized carbons (Fsp3) is 0.429. The average molecular weight is 235 g/mol. The van der Waals surface area contributed by atoms with Crippen LogP contribution in [0.25, 0.3) is 0 Å². The topological polar surface area (TPSA) is 95.2 Å². The van der Waals surface area contributed by atoms with Crippen LogP contribution in [0.15, 0.2) is 12.4 Å². The van der Waals surface area contributed by atoms with Crippen LogP contribution in [-0.2, 0) is 20.8 Å². The van der Waals surface area contributed by atoms with Gasteiger partial charge in [-0.05, 0) is 6.92 Å². The van der Waals surface area contributed by atoms with Crippen molar-refractivity contribution < 1.29 is 17.1 Å². The molecule has 0 unspecified atom stereocenters. The predicted octanol–water partition coefficient (Wildman–Crippen LogP) is -0.233. The summed E-state index contributed by atoms with van der Waals surface area (Å²) < 4.78 is 38.5. The van der Waals surface area contributed by atoms with E-state index in [9.17, 15) is 12.8 Å². The Kier molecular flexibility index (Phi) is 3.66. The molecule has 1 heterocycles. The van der Waals surface area contributed by atoms with Crippen LogP contribution in [0.5, 0.6) is 0 Å². The van der Waals surface area contributed by atoms with Gasteiger partial charge >= 0.3 is 0 Å². The first-order chi connectivity index (χ1) is 6.95. The van der Waals surface area contributed by atoms with Crippen LogP contribution in [-0.4, -0.2) is 23.6 Å². The predicted molar refractivity (Wildman–Crippen MR) is 49.3 cm³/mol. The summed E-state index contributed by atoms with van der Waals surface area (Å²) in [5.74, 6) is 4.23. The van der Waals surface area contributed by atoms with Gasteiger partial charge in [0.2, 0.25) is 0 Å². The van der Waals surface area contributed by atoms with Gasteiger partial charge in [0, 0.05) is 6.42 Å². The zero-order valence-electron chi connectivity index (χ0n) is 7.92. The molecule has 1 atom stereocenters. The first-order valence-electron chi connectivity index (χ1n) is 4.04. The summed E-state index contributed by atoms with van der Waals surface area (Å²) in [6.45, 7) is 1.40. The standard InChI is InChI=1S/C7H10FN3O3S/c1-5(15(12,13)14-9)2-7-10-3-6(8)4-11-7/h3-5H,2,9H2,1H3/t5-/m1/s1. The second-order valence-electron chi connectivity index (χ2n) is 2.92. The maximum atomic E-state index is 12.4. The molecule has 1 aromatic rings. The highest BCUT2D eigenvalue weighted by Crippen LogP contribution is 2.06. The van der Waals surface area contributed by atoms with Crippen molar-refractivity contribution >= 4 is 10.1 Å². The van der Waals surface area contributed by atoms with E-state index >= 15 is 0 Å². The Morgan fingerprint density at radius 2 is 2.07 bits per heavy atom. The van der Waals surface area contributed by atoms with Crippen LogP contribution in [0, 0.1) is 5.82 Å². The zero-order valence-corrected chi connectivity index (χ0v) is 8.74. The second-order valence-corrected chi connectivity index (χ2v) is 4.90. The van der Waals surface area contributed by atoms with Gasteiger partial charge in [-0.3, -0.25) is 0 Å². The molecular weight excluding hydrogens is 225 g/mol. The number of halogens is 1. The molecule has 0 saturated carbocycles. The molecule has 0 fully saturated rings. The van der Waals surface area contributed by atoms with Crippen molar-refractivity contribution in [2.75, 3.05) is 0 Å². The molecule has 0 aromatic carbocycles. The van der Waals surface area contributed by atoms with Crippen molar-refractivity contribution in [2.45, 2.75) is 18.6 Å². The Balaban J connectivity index is 2.75. The Hall–Kier alpha value is -1.12. The van der Waals surface area contributed by atoms with Crippen molar-refractivity contribution in [1.29, 1.82) is 0 Å². The molecule has 8 heteroatoms. The van der Waals surface area contributed by atoms with Crippen LogP contribution in [0.3, 0.4) is 0 Å². The Bertz CT molecular complexity index is 420. The molecule has 15 heavy (non-hydrogen) atoms. The van der Waals surface area contributed by atoms with Gasteiger partial charge in [-0.15, -0.1) is 0 Å². The first-order valence-corrected chi connectivity index (χ1v) is 5.51. The van der Waals surface area contributed by atoms with Crippen molar-refractivity contribution in [2.24, 2.45) is 5.90 Å². The number of hydrogen-bond acceptors (Lipinski definition) is 6. The van der Waals surface area contributed by atoms with E-state index in [1.807, 2.05) is 0 Å². The highest BCUT2D eigenvalue weighted by molar-refractivity contribution is 7.87. The SMILES string of the molecule is C[C@H](Cc1ncc(F)cn1)S(=O)(=O)ON. The number of hydrogen-bond donors (Lipinski definition) is 1. The maximum Gasteiger partial charge on any atom is 0.286 e. The molecule has 0 saturated heterocycles. The number of rotatable bonds is 4. The van der Waals surface area contributed by atoms with Gasteiger partial charge in [0.15, 0.2) is 5.82 Å². The highest BCUT2D eigenvalue weighted by atomic mass is 32.2. The van der Waals surface area contributed by atoms with Crippen LogP contribution >= 0.6 is 0 Å². The summed E-state index contributed by atoms with van der Waals surface area (Å²) in [5.41, 5.74) is 0. The molecule has 6 nitrogen and oxygen atoms in total. The molecule has 1 aromatic heterocycles. The van der Waals surface area contributed by atoms with E-state index in [4.69, 9.17) is 0 Å². The molecule has 0 aliphatic rings. The lowest BCUT2D eigenvalue weighted by Gasteiger charge is -2.08. The summed E-state index contributed by atoms with van der Waals surface area (Å²) in [7, 11) is -3.80.